The third-order valence-corrected chi connectivity index (χ3v) is 4.66. The van der Waals surface area contributed by atoms with E-state index in [1.807, 2.05) is 0 Å². The van der Waals surface area contributed by atoms with Gasteiger partial charge >= 0.3 is 0 Å². The summed E-state index contributed by atoms with van der Waals surface area (Å²) in [5.74, 6) is 0. The molecule has 0 spiro atoms. The topological polar surface area (TPSA) is 36.5 Å². The molecule has 2 fully saturated rings. The standard InChI is InChI=1S/C17H25N3OS/c22-17(18-14-6-2-1-3-7-14)19-15-8-4-5-9-16(15)20-10-12-21-13-11-20/h4-5,8-9,14H,1-3,6-7,10-13H2,(H2,18,19,22). The zero-order chi connectivity index (χ0) is 15.2. The van der Waals surface area contributed by atoms with Crippen LogP contribution in [0.15, 0.2) is 24.3 Å². The molecule has 120 valence electrons. The van der Waals surface area contributed by atoms with Crippen molar-refractivity contribution in [1.82, 2.24) is 5.32 Å². The minimum Gasteiger partial charge on any atom is -0.378 e. The van der Waals surface area contributed by atoms with E-state index in [-0.39, 0.29) is 0 Å². The molecule has 3 rings (SSSR count). The van der Waals surface area contributed by atoms with Crippen molar-refractivity contribution >= 4 is 28.7 Å². The summed E-state index contributed by atoms with van der Waals surface area (Å²) in [5.41, 5.74) is 2.29. The van der Waals surface area contributed by atoms with Crippen LogP contribution in [0.1, 0.15) is 32.1 Å². The van der Waals surface area contributed by atoms with Crippen LogP contribution < -0.4 is 15.5 Å². The Morgan fingerprint density at radius 3 is 2.59 bits per heavy atom. The summed E-state index contributed by atoms with van der Waals surface area (Å²) in [6.07, 6.45) is 6.44. The molecule has 5 heteroatoms. The number of rotatable bonds is 3. The van der Waals surface area contributed by atoms with Gasteiger partial charge in [-0.1, -0.05) is 31.4 Å². The number of ether oxygens (including phenoxy) is 1. The van der Waals surface area contributed by atoms with E-state index in [9.17, 15) is 0 Å². The van der Waals surface area contributed by atoms with Crippen molar-refractivity contribution in [3.8, 4) is 0 Å². The monoisotopic (exact) mass is 319 g/mol. The zero-order valence-electron chi connectivity index (χ0n) is 13.0. The van der Waals surface area contributed by atoms with Crippen LogP contribution in [0.25, 0.3) is 0 Å². The number of morpholine rings is 1. The summed E-state index contributed by atoms with van der Waals surface area (Å²) in [6, 6.07) is 8.91. The average Bonchev–Trinajstić information content (AvgIpc) is 2.57. The van der Waals surface area contributed by atoms with Crippen LogP contribution in [0.4, 0.5) is 11.4 Å². The van der Waals surface area contributed by atoms with E-state index >= 15 is 0 Å². The van der Waals surface area contributed by atoms with Crippen LogP contribution in [-0.2, 0) is 4.74 Å². The molecule has 0 amide bonds. The predicted octanol–water partition coefficient (Wildman–Crippen LogP) is 3.14. The molecule has 0 aromatic heterocycles. The number of benzene rings is 1. The second-order valence-corrected chi connectivity index (χ2v) is 6.46. The molecule has 22 heavy (non-hydrogen) atoms. The maximum Gasteiger partial charge on any atom is 0.171 e. The van der Waals surface area contributed by atoms with E-state index in [0.29, 0.717) is 6.04 Å². The summed E-state index contributed by atoms with van der Waals surface area (Å²) in [4.78, 5) is 2.36. The summed E-state index contributed by atoms with van der Waals surface area (Å²) >= 11 is 5.51. The molecule has 2 N–H and O–H groups in total. The van der Waals surface area contributed by atoms with E-state index in [2.05, 4.69) is 39.8 Å². The van der Waals surface area contributed by atoms with Gasteiger partial charge in [-0.05, 0) is 37.2 Å². The van der Waals surface area contributed by atoms with Gasteiger partial charge in [-0.25, -0.2) is 0 Å². The van der Waals surface area contributed by atoms with Gasteiger partial charge in [0, 0.05) is 19.1 Å². The summed E-state index contributed by atoms with van der Waals surface area (Å²) < 4.78 is 5.44. The van der Waals surface area contributed by atoms with Gasteiger partial charge in [0.25, 0.3) is 0 Å². The fourth-order valence-electron chi connectivity index (χ4n) is 3.25. The Kier molecular flexibility index (Phi) is 5.51. The van der Waals surface area contributed by atoms with Crippen molar-refractivity contribution < 1.29 is 4.74 Å². The van der Waals surface area contributed by atoms with Gasteiger partial charge in [-0.15, -0.1) is 0 Å². The smallest absolute Gasteiger partial charge is 0.171 e. The lowest BCUT2D eigenvalue weighted by atomic mass is 9.96. The summed E-state index contributed by atoms with van der Waals surface area (Å²) in [6.45, 7) is 3.45. The fraction of sp³-hybridized carbons (Fsp3) is 0.588. The third kappa shape index (κ3) is 4.11. The molecular weight excluding hydrogens is 294 g/mol. The van der Waals surface area contributed by atoms with Crippen LogP contribution in [-0.4, -0.2) is 37.5 Å². The molecule has 1 heterocycles. The van der Waals surface area contributed by atoms with Crippen molar-refractivity contribution in [3.05, 3.63) is 24.3 Å². The maximum absolute atomic E-state index is 5.51. The fourth-order valence-corrected chi connectivity index (χ4v) is 3.53. The highest BCUT2D eigenvalue weighted by molar-refractivity contribution is 7.80. The number of thiocarbonyl (C=S) groups is 1. The Bertz CT molecular complexity index is 496. The molecule has 1 aromatic carbocycles. The highest BCUT2D eigenvalue weighted by Gasteiger charge is 2.17. The third-order valence-electron chi connectivity index (χ3n) is 4.44. The van der Waals surface area contributed by atoms with Crippen molar-refractivity contribution in [2.45, 2.75) is 38.1 Å². The van der Waals surface area contributed by atoms with Crippen molar-refractivity contribution in [1.29, 1.82) is 0 Å². The van der Waals surface area contributed by atoms with Crippen LogP contribution in [0.3, 0.4) is 0 Å². The molecule has 1 saturated heterocycles. The largest absolute Gasteiger partial charge is 0.378 e. The van der Waals surface area contributed by atoms with Gasteiger partial charge in [0.1, 0.15) is 0 Å². The van der Waals surface area contributed by atoms with Gasteiger partial charge in [-0.3, -0.25) is 0 Å². The molecule has 0 bridgehead atoms. The first kappa shape index (κ1) is 15.6. The number of hydrogen-bond acceptors (Lipinski definition) is 3. The van der Waals surface area contributed by atoms with Crippen molar-refractivity contribution in [2.24, 2.45) is 0 Å². The molecule has 4 nitrogen and oxygen atoms in total. The first-order valence-electron chi connectivity index (χ1n) is 8.32. The molecule has 1 aromatic rings. The van der Waals surface area contributed by atoms with Crippen LogP contribution >= 0.6 is 12.2 Å². The minimum absolute atomic E-state index is 0.532. The Hall–Kier alpha value is -1.33. The first-order valence-corrected chi connectivity index (χ1v) is 8.73. The lowest BCUT2D eigenvalue weighted by Gasteiger charge is -2.31. The lowest BCUT2D eigenvalue weighted by Crippen LogP contribution is -2.40. The normalized spacial score (nSPS) is 19.7. The Balaban J connectivity index is 1.62. The summed E-state index contributed by atoms with van der Waals surface area (Å²) in [7, 11) is 0. The second kappa shape index (κ2) is 7.79. The van der Waals surface area contributed by atoms with E-state index in [0.717, 1.165) is 37.1 Å². The highest BCUT2D eigenvalue weighted by Crippen LogP contribution is 2.26. The molecular formula is C17H25N3OS. The maximum atomic E-state index is 5.51. The van der Waals surface area contributed by atoms with E-state index < -0.39 is 0 Å². The molecule has 0 atom stereocenters. The van der Waals surface area contributed by atoms with Gasteiger partial charge in [0.15, 0.2) is 5.11 Å². The molecule has 2 aliphatic rings. The number of anilines is 2. The van der Waals surface area contributed by atoms with Crippen molar-refractivity contribution in [3.63, 3.8) is 0 Å². The van der Waals surface area contributed by atoms with Crippen molar-refractivity contribution in [2.75, 3.05) is 36.5 Å². The first-order chi connectivity index (χ1) is 10.8. The van der Waals surface area contributed by atoms with Gasteiger partial charge in [0.2, 0.25) is 0 Å². The molecule has 0 unspecified atom stereocenters. The minimum atomic E-state index is 0.532. The highest BCUT2D eigenvalue weighted by atomic mass is 32.1. The number of nitrogens with zero attached hydrogens (tertiary/aromatic N) is 1. The number of para-hydroxylation sites is 2. The molecule has 1 saturated carbocycles. The number of nitrogens with one attached hydrogen (secondary N) is 2. The van der Waals surface area contributed by atoms with Crippen LogP contribution in [0, 0.1) is 0 Å². The Morgan fingerprint density at radius 1 is 1.09 bits per heavy atom. The number of hydrogen-bond donors (Lipinski definition) is 2. The second-order valence-electron chi connectivity index (χ2n) is 6.05. The van der Waals surface area contributed by atoms with E-state index in [1.165, 1.54) is 37.8 Å². The van der Waals surface area contributed by atoms with Crippen LogP contribution in [0.2, 0.25) is 0 Å². The lowest BCUT2D eigenvalue weighted by molar-refractivity contribution is 0.123. The molecule has 1 aliphatic carbocycles. The van der Waals surface area contributed by atoms with Gasteiger partial charge in [0.05, 0.1) is 24.6 Å². The van der Waals surface area contributed by atoms with Gasteiger partial charge in [-0.2, -0.15) is 0 Å². The van der Waals surface area contributed by atoms with E-state index in [1.54, 1.807) is 0 Å². The predicted molar refractivity (Wildman–Crippen MR) is 95.7 cm³/mol. The Morgan fingerprint density at radius 2 is 1.82 bits per heavy atom. The summed E-state index contributed by atoms with van der Waals surface area (Å²) in [5, 5.41) is 7.61. The Labute approximate surface area is 138 Å². The molecule has 1 aliphatic heterocycles. The van der Waals surface area contributed by atoms with Crippen LogP contribution in [0.5, 0.6) is 0 Å². The quantitative estimate of drug-likeness (QED) is 0.837. The average molecular weight is 319 g/mol. The van der Waals surface area contributed by atoms with E-state index in [4.69, 9.17) is 17.0 Å². The molecule has 0 radical (unpaired) electrons. The zero-order valence-corrected chi connectivity index (χ0v) is 13.8. The SMILES string of the molecule is S=C(Nc1ccccc1N1CCOCC1)NC1CCCCC1. The van der Waals surface area contributed by atoms with Gasteiger partial charge < -0.3 is 20.3 Å².